The summed E-state index contributed by atoms with van der Waals surface area (Å²) in [5, 5.41) is 15.4. The van der Waals surface area contributed by atoms with Crippen molar-refractivity contribution in [2.24, 2.45) is 0 Å². The van der Waals surface area contributed by atoms with Crippen molar-refractivity contribution in [3.05, 3.63) is 35.5 Å². The van der Waals surface area contributed by atoms with Crippen molar-refractivity contribution >= 4 is 0 Å². The number of hydrogen-bond acceptors (Lipinski definition) is 2. The Bertz CT molecular complexity index is 603. The van der Waals surface area contributed by atoms with Crippen LogP contribution in [0.2, 0.25) is 0 Å². The van der Waals surface area contributed by atoms with Crippen LogP contribution in [0.5, 0.6) is 5.88 Å². The lowest BCUT2D eigenvalue weighted by Gasteiger charge is -2.20. The zero-order valence-electron chi connectivity index (χ0n) is 13.8. The first-order chi connectivity index (χ1) is 9.84. The Kier molecular flexibility index (Phi) is 4.40. The Hall–Kier alpha value is -1.77. The van der Waals surface area contributed by atoms with Crippen LogP contribution in [0.3, 0.4) is 0 Å². The number of aromatic hydroxyl groups is 1. The quantitative estimate of drug-likeness (QED) is 0.887. The van der Waals surface area contributed by atoms with Crippen LogP contribution in [-0.2, 0) is 12.0 Å². The third-order valence-corrected chi connectivity index (χ3v) is 3.68. The minimum absolute atomic E-state index is 0.228. The largest absolute Gasteiger partial charge is 0.493 e. The van der Waals surface area contributed by atoms with Gasteiger partial charge in [-0.1, -0.05) is 43.2 Å². The fourth-order valence-corrected chi connectivity index (χ4v) is 2.46. The third-order valence-electron chi connectivity index (χ3n) is 3.68. The minimum Gasteiger partial charge on any atom is -0.493 e. The van der Waals surface area contributed by atoms with Gasteiger partial charge in [0.25, 0.3) is 0 Å². The predicted molar refractivity (Wildman–Crippen MR) is 87.7 cm³/mol. The molecule has 0 aliphatic carbocycles. The number of aryl methyl sites for hydroxylation is 2. The summed E-state index contributed by atoms with van der Waals surface area (Å²) < 4.78 is 1.74. The van der Waals surface area contributed by atoms with E-state index in [1.807, 2.05) is 0 Å². The molecule has 0 fully saturated rings. The van der Waals surface area contributed by atoms with Crippen LogP contribution in [-0.4, -0.2) is 14.9 Å². The van der Waals surface area contributed by atoms with Gasteiger partial charge in [-0.25, -0.2) is 4.68 Å². The highest BCUT2D eigenvalue weighted by atomic mass is 16.3. The SMILES string of the molecule is CCCCc1nn(C(C)(C)C)c(O)c1-c1ccc(C)cc1. The fraction of sp³-hybridized carbons (Fsp3) is 0.500. The van der Waals surface area contributed by atoms with E-state index in [-0.39, 0.29) is 11.4 Å². The molecule has 114 valence electrons. The van der Waals surface area contributed by atoms with E-state index in [0.29, 0.717) is 0 Å². The van der Waals surface area contributed by atoms with Crippen molar-refractivity contribution in [1.29, 1.82) is 0 Å². The molecule has 0 spiro atoms. The summed E-state index contributed by atoms with van der Waals surface area (Å²) in [4.78, 5) is 0. The van der Waals surface area contributed by atoms with E-state index in [9.17, 15) is 5.11 Å². The predicted octanol–water partition coefficient (Wildman–Crippen LogP) is 4.66. The van der Waals surface area contributed by atoms with Crippen LogP contribution in [0.1, 0.15) is 51.8 Å². The Morgan fingerprint density at radius 1 is 1.14 bits per heavy atom. The number of rotatable bonds is 4. The van der Waals surface area contributed by atoms with Gasteiger partial charge < -0.3 is 5.11 Å². The van der Waals surface area contributed by atoms with Gasteiger partial charge in [-0.05, 0) is 46.1 Å². The number of hydrogen-bond donors (Lipinski definition) is 1. The number of aromatic nitrogens is 2. The normalized spacial score (nSPS) is 11.9. The van der Waals surface area contributed by atoms with Gasteiger partial charge in [-0.15, -0.1) is 0 Å². The van der Waals surface area contributed by atoms with Crippen molar-refractivity contribution in [3.63, 3.8) is 0 Å². The van der Waals surface area contributed by atoms with Gasteiger partial charge in [0.1, 0.15) is 0 Å². The Balaban J connectivity index is 2.56. The van der Waals surface area contributed by atoms with E-state index >= 15 is 0 Å². The molecule has 2 aromatic rings. The zero-order chi connectivity index (χ0) is 15.6. The monoisotopic (exact) mass is 286 g/mol. The van der Waals surface area contributed by atoms with Crippen molar-refractivity contribution in [3.8, 4) is 17.0 Å². The molecule has 3 heteroatoms. The molecule has 1 aromatic heterocycles. The molecule has 0 unspecified atom stereocenters. The molecule has 2 rings (SSSR count). The first kappa shape index (κ1) is 15.6. The second kappa shape index (κ2) is 5.92. The second-order valence-electron chi connectivity index (χ2n) is 6.70. The van der Waals surface area contributed by atoms with E-state index < -0.39 is 0 Å². The van der Waals surface area contributed by atoms with Crippen molar-refractivity contribution in [1.82, 2.24) is 9.78 Å². The lowest BCUT2D eigenvalue weighted by atomic mass is 10.0. The molecule has 0 bridgehead atoms. The van der Waals surface area contributed by atoms with Gasteiger partial charge in [0.15, 0.2) is 0 Å². The average molecular weight is 286 g/mol. The fourth-order valence-electron chi connectivity index (χ4n) is 2.46. The first-order valence-corrected chi connectivity index (χ1v) is 7.73. The summed E-state index contributed by atoms with van der Waals surface area (Å²) in [6, 6.07) is 8.28. The summed E-state index contributed by atoms with van der Waals surface area (Å²) in [6.07, 6.45) is 3.10. The summed E-state index contributed by atoms with van der Waals surface area (Å²) in [7, 11) is 0. The maximum absolute atomic E-state index is 10.7. The molecule has 21 heavy (non-hydrogen) atoms. The zero-order valence-corrected chi connectivity index (χ0v) is 13.8. The van der Waals surface area contributed by atoms with Crippen molar-refractivity contribution in [2.75, 3.05) is 0 Å². The number of nitrogens with zero attached hydrogens (tertiary/aromatic N) is 2. The summed E-state index contributed by atoms with van der Waals surface area (Å²) >= 11 is 0. The molecule has 0 aliphatic rings. The number of unbranched alkanes of at least 4 members (excludes halogenated alkanes) is 1. The maximum Gasteiger partial charge on any atom is 0.218 e. The van der Waals surface area contributed by atoms with E-state index in [4.69, 9.17) is 0 Å². The summed E-state index contributed by atoms with van der Waals surface area (Å²) in [6.45, 7) is 10.4. The van der Waals surface area contributed by atoms with Crippen LogP contribution in [0.25, 0.3) is 11.1 Å². The van der Waals surface area contributed by atoms with Gasteiger partial charge in [0.05, 0.1) is 16.8 Å². The highest BCUT2D eigenvalue weighted by molar-refractivity contribution is 5.71. The van der Waals surface area contributed by atoms with Crippen molar-refractivity contribution in [2.45, 2.75) is 59.4 Å². The van der Waals surface area contributed by atoms with E-state index in [2.05, 4.69) is 64.0 Å². The molecular weight excluding hydrogens is 260 g/mol. The molecule has 3 nitrogen and oxygen atoms in total. The Morgan fingerprint density at radius 2 is 1.76 bits per heavy atom. The van der Waals surface area contributed by atoms with Crippen LogP contribution < -0.4 is 0 Å². The molecule has 0 saturated carbocycles. The lowest BCUT2D eigenvalue weighted by Crippen LogP contribution is -2.22. The minimum atomic E-state index is -0.228. The standard InChI is InChI=1S/C18H26N2O/c1-6-7-8-15-16(14-11-9-13(2)10-12-14)17(21)20(19-15)18(3,4)5/h9-12,21H,6-8H2,1-5H3. The average Bonchev–Trinajstić information content (AvgIpc) is 2.74. The second-order valence-corrected chi connectivity index (χ2v) is 6.70. The van der Waals surface area contributed by atoms with Gasteiger partial charge >= 0.3 is 0 Å². The summed E-state index contributed by atoms with van der Waals surface area (Å²) in [5.74, 6) is 0.275. The van der Waals surface area contributed by atoms with Gasteiger partial charge in [-0.3, -0.25) is 0 Å². The van der Waals surface area contributed by atoms with Gasteiger partial charge in [-0.2, -0.15) is 5.10 Å². The first-order valence-electron chi connectivity index (χ1n) is 7.73. The molecule has 0 atom stereocenters. The van der Waals surface area contributed by atoms with E-state index in [0.717, 1.165) is 36.1 Å². The highest BCUT2D eigenvalue weighted by Gasteiger charge is 2.25. The maximum atomic E-state index is 10.7. The van der Waals surface area contributed by atoms with E-state index in [1.165, 1.54) is 5.56 Å². The molecule has 1 aromatic carbocycles. The topological polar surface area (TPSA) is 38.0 Å². The van der Waals surface area contributed by atoms with Crippen LogP contribution in [0, 0.1) is 6.92 Å². The third kappa shape index (κ3) is 3.29. The lowest BCUT2D eigenvalue weighted by molar-refractivity contribution is 0.294. The van der Waals surface area contributed by atoms with Gasteiger partial charge in [0.2, 0.25) is 5.88 Å². The molecule has 0 radical (unpaired) electrons. The highest BCUT2D eigenvalue weighted by Crippen LogP contribution is 2.36. The molecule has 0 amide bonds. The van der Waals surface area contributed by atoms with Crippen LogP contribution in [0.4, 0.5) is 0 Å². The molecule has 1 N–H and O–H groups in total. The molecule has 1 heterocycles. The summed E-state index contributed by atoms with van der Waals surface area (Å²) in [5.41, 5.74) is 3.91. The smallest absolute Gasteiger partial charge is 0.218 e. The Morgan fingerprint density at radius 3 is 2.29 bits per heavy atom. The number of benzene rings is 1. The van der Waals surface area contributed by atoms with E-state index in [1.54, 1.807) is 4.68 Å². The molecular formula is C18H26N2O. The van der Waals surface area contributed by atoms with Crippen LogP contribution >= 0.6 is 0 Å². The molecule has 0 aliphatic heterocycles. The Labute approximate surface area is 127 Å². The van der Waals surface area contributed by atoms with Crippen molar-refractivity contribution < 1.29 is 5.11 Å². The van der Waals surface area contributed by atoms with Gasteiger partial charge in [0, 0.05) is 0 Å². The molecule has 0 saturated heterocycles. The van der Waals surface area contributed by atoms with Crippen LogP contribution in [0.15, 0.2) is 24.3 Å².